The molecule has 0 amide bonds. The van der Waals surface area contributed by atoms with Gasteiger partial charge in [-0.2, -0.15) is 0 Å². The van der Waals surface area contributed by atoms with Gasteiger partial charge in [-0.15, -0.1) is 11.3 Å². The second-order valence-corrected chi connectivity index (χ2v) is 6.75. The summed E-state index contributed by atoms with van der Waals surface area (Å²) < 4.78 is 4.74. The van der Waals surface area contributed by atoms with Gasteiger partial charge in [0.2, 0.25) is 0 Å². The second kappa shape index (κ2) is 5.42. The number of carbonyl (C=O) groups is 1. The van der Waals surface area contributed by atoms with Crippen molar-refractivity contribution < 1.29 is 9.53 Å². The number of methoxy groups -OCH3 is 1. The number of aromatic nitrogens is 2. The summed E-state index contributed by atoms with van der Waals surface area (Å²) in [5.41, 5.74) is 3.00. The molecule has 0 bridgehead atoms. The molecule has 2 aromatic heterocycles. The average molecular weight is 324 g/mol. The van der Waals surface area contributed by atoms with E-state index in [1.165, 1.54) is 18.1 Å². The number of carbonyl (C=O) groups excluding carboxylic acids is 1. The standard InChI is InChI=1S/C18H16N2O2S/c1-10-19-16(13-7-8-23-17(13)20-10)15-9-14(15)11-3-5-12(6-4-11)18(21)22-2/h3-8,14-15H,9H2,1-2H3. The van der Waals surface area contributed by atoms with Crippen LogP contribution >= 0.6 is 11.3 Å². The van der Waals surface area contributed by atoms with Gasteiger partial charge in [0.1, 0.15) is 10.7 Å². The molecule has 0 spiro atoms. The maximum Gasteiger partial charge on any atom is 0.337 e. The Morgan fingerprint density at radius 1 is 1.17 bits per heavy atom. The van der Waals surface area contributed by atoms with Gasteiger partial charge in [0, 0.05) is 11.3 Å². The molecular weight excluding hydrogens is 308 g/mol. The van der Waals surface area contributed by atoms with E-state index in [0.717, 1.165) is 22.8 Å². The van der Waals surface area contributed by atoms with Crippen LogP contribution in [0.3, 0.4) is 0 Å². The van der Waals surface area contributed by atoms with Gasteiger partial charge in [0.25, 0.3) is 0 Å². The summed E-state index contributed by atoms with van der Waals surface area (Å²) in [4.78, 5) is 21.8. The van der Waals surface area contributed by atoms with Crippen LogP contribution in [0.2, 0.25) is 0 Å². The molecule has 1 saturated carbocycles. The lowest BCUT2D eigenvalue weighted by Crippen LogP contribution is -2.00. The lowest BCUT2D eigenvalue weighted by molar-refractivity contribution is 0.0600. The highest BCUT2D eigenvalue weighted by molar-refractivity contribution is 7.16. The zero-order chi connectivity index (χ0) is 16.0. The van der Waals surface area contributed by atoms with E-state index in [1.54, 1.807) is 11.3 Å². The third-order valence-corrected chi connectivity index (χ3v) is 5.17. The highest BCUT2D eigenvalue weighted by Crippen LogP contribution is 2.55. The van der Waals surface area contributed by atoms with Crippen LogP contribution in [0.5, 0.6) is 0 Å². The van der Waals surface area contributed by atoms with Crippen LogP contribution in [0.15, 0.2) is 35.7 Å². The van der Waals surface area contributed by atoms with Crippen molar-refractivity contribution in [2.75, 3.05) is 7.11 Å². The molecule has 2 unspecified atom stereocenters. The van der Waals surface area contributed by atoms with Crippen molar-refractivity contribution in [3.63, 3.8) is 0 Å². The van der Waals surface area contributed by atoms with Crippen molar-refractivity contribution >= 4 is 27.5 Å². The number of nitrogens with zero attached hydrogens (tertiary/aromatic N) is 2. The van der Waals surface area contributed by atoms with Gasteiger partial charge in [-0.3, -0.25) is 0 Å². The average Bonchev–Trinajstić information content (AvgIpc) is 3.23. The minimum atomic E-state index is -0.296. The summed E-state index contributed by atoms with van der Waals surface area (Å²) in [6.07, 6.45) is 1.10. The molecule has 1 aromatic carbocycles. The molecule has 23 heavy (non-hydrogen) atoms. The normalized spacial score (nSPS) is 19.7. The Hall–Kier alpha value is -2.27. The monoisotopic (exact) mass is 324 g/mol. The number of thiophene rings is 1. The summed E-state index contributed by atoms with van der Waals surface area (Å²) in [7, 11) is 1.40. The number of benzene rings is 1. The fraction of sp³-hybridized carbons (Fsp3) is 0.278. The van der Waals surface area contributed by atoms with Crippen molar-refractivity contribution in [3.05, 3.63) is 58.4 Å². The van der Waals surface area contributed by atoms with Gasteiger partial charge in [0.15, 0.2) is 0 Å². The highest BCUT2D eigenvalue weighted by atomic mass is 32.1. The largest absolute Gasteiger partial charge is 0.465 e. The Morgan fingerprint density at radius 3 is 2.70 bits per heavy atom. The number of hydrogen-bond donors (Lipinski definition) is 0. The Labute approximate surface area is 138 Å². The van der Waals surface area contributed by atoms with Crippen LogP contribution in [-0.4, -0.2) is 23.0 Å². The molecule has 0 aliphatic heterocycles. The number of esters is 1. The van der Waals surface area contributed by atoms with E-state index in [-0.39, 0.29) is 5.97 Å². The number of aryl methyl sites for hydroxylation is 1. The lowest BCUT2D eigenvalue weighted by Gasteiger charge is -2.05. The maximum absolute atomic E-state index is 11.5. The molecule has 116 valence electrons. The molecule has 5 heteroatoms. The summed E-state index contributed by atoms with van der Waals surface area (Å²) in [6.45, 7) is 1.95. The second-order valence-electron chi connectivity index (χ2n) is 5.86. The Balaban J connectivity index is 1.62. The third-order valence-electron chi connectivity index (χ3n) is 4.37. The Morgan fingerprint density at radius 2 is 1.96 bits per heavy atom. The Kier molecular flexibility index (Phi) is 3.38. The van der Waals surface area contributed by atoms with Crippen LogP contribution in [-0.2, 0) is 4.74 Å². The fourth-order valence-electron chi connectivity index (χ4n) is 3.12. The molecule has 4 nitrogen and oxygen atoms in total. The minimum Gasteiger partial charge on any atom is -0.465 e. The van der Waals surface area contributed by atoms with Crippen LogP contribution < -0.4 is 0 Å². The van der Waals surface area contributed by atoms with Gasteiger partial charge in [-0.1, -0.05) is 12.1 Å². The zero-order valence-corrected chi connectivity index (χ0v) is 13.8. The van der Waals surface area contributed by atoms with Crippen LogP contribution in [0.25, 0.3) is 10.2 Å². The van der Waals surface area contributed by atoms with Crippen molar-refractivity contribution in [3.8, 4) is 0 Å². The summed E-state index contributed by atoms with van der Waals surface area (Å²) >= 11 is 1.66. The summed E-state index contributed by atoms with van der Waals surface area (Å²) in [5.74, 6) is 1.45. The number of ether oxygens (including phenoxy) is 1. The van der Waals surface area contributed by atoms with Crippen molar-refractivity contribution in [1.82, 2.24) is 9.97 Å². The molecule has 1 aliphatic carbocycles. The van der Waals surface area contributed by atoms with E-state index >= 15 is 0 Å². The zero-order valence-electron chi connectivity index (χ0n) is 12.9. The van der Waals surface area contributed by atoms with E-state index in [1.807, 2.05) is 31.2 Å². The molecule has 0 radical (unpaired) electrons. The first-order valence-corrected chi connectivity index (χ1v) is 8.45. The number of rotatable bonds is 3. The smallest absolute Gasteiger partial charge is 0.337 e. The van der Waals surface area contributed by atoms with Gasteiger partial charge < -0.3 is 4.74 Å². The van der Waals surface area contributed by atoms with Gasteiger partial charge in [-0.05, 0) is 48.4 Å². The van der Waals surface area contributed by atoms with E-state index < -0.39 is 0 Å². The third kappa shape index (κ3) is 2.51. The number of hydrogen-bond acceptors (Lipinski definition) is 5. The highest BCUT2D eigenvalue weighted by Gasteiger charge is 2.41. The van der Waals surface area contributed by atoms with E-state index in [9.17, 15) is 4.79 Å². The van der Waals surface area contributed by atoms with Crippen molar-refractivity contribution in [2.45, 2.75) is 25.2 Å². The molecular formula is C18H16N2O2S. The van der Waals surface area contributed by atoms with E-state index in [0.29, 0.717) is 17.4 Å². The first-order chi connectivity index (χ1) is 11.2. The fourth-order valence-corrected chi connectivity index (χ4v) is 3.94. The maximum atomic E-state index is 11.5. The van der Waals surface area contributed by atoms with Crippen LogP contribution in [0.4, 0.5) is 0 Å². The molecule has 1 fully saturated rings. The molecule has 2 atom stereocenters. The Bertz CT molecular complexity index is 886. The van der Waals surface area contributed by atoms with Crippen molar-refractivity contribution in [2.24, 2.45) is 0 Å². The van der Waals surface area contributed by atoms with E-state index in [4.69, 9.17) is 9.72 Å². The summed E-state index contributed by atoms with van der Waals surface area (Å²) in [6, 6.07) is 9.83. The lowest BCUT2D eigenvalue weighted by atomic mass is 10.0. The predicted molar refractivity (Wildman–Crippen MR) is 90.0 cm³/mol. The molecule has 0 saturated heterocycles. The van der Waals surface area contributed by atoms with Crippen LogP contribution in [0.1, 0.15) is 45.7 Å². The molecule has 1 aliphatic rings. The molecule has 0 N–H and O–H groups in total. The van der Waals surface area contributed by atoms with Crippen LogP contribution in [0, 0.1) is 6.92 Å². The van der Waals surface area contributed by atoms with Gasteiger partial charge >= 0.3 is 5.97 Å². The van der Waals surface area contributed by atoms with Gasteiger partial charge in [0.05, 0.1) is 18.4 Å². The summed E-state index contributed by atoms with van der Waals surface area (Å²) in [5, 5.41) is 3.25. The van der Waals surface area contributed by atoms with E-state index in [2.05, 4.69) is 16.4 Å². The van der Waals surface area contributed by atoms with Crippen molar-refractivity contribution in [1.29, 1.82) is 0 Å². The van der Waals surface area contributed by atoms with Gasteiger partial charge in [-0.25, -0.2) is 14.8 Å². The first kappa shape index (κ1) is 14.3. The predicted octanol–water partition coefficient (Wildman–Crippen LogP) is 4.06. The number of fused-ring (bicyclic) bond motifs is 1. The molecule has 3 aromatic rings. The molecule has 4 rings (SSSR count). The quantitative estimate of drug-likeness (QED) is 0.682. The SMILES string of the molecule is COC(=O)c1ccc(C2CC2c2nc(C)nc3sccc23)cc1. The molecule has 2 heterocycles. The minimum absolute atomic E-state index is 0.296. The first-order valence-electron chi connectivity index (χ1n) is 7.57. The topological polar surface area (TPSA) is 52.1 Å².